The van der Waals surface area contributed by atoms with E-state index in [0.717, 1.165) is 5.56 Å². The number of hydrogen-bond acceptors (Lipinski definition) is 5. The predicted octanol–water partition coefficient (Wildman–Crippen LogP) is 3.87. The summed E-state index contributed by atoms with van der Waals surface area (Å²) in [6.45, 7) is 7.37. The van der Waals surface area contributed by atoms with Crippen LogP contribution in [-0.4, -0.2) is 33.3 Å². The van der Waals surface area contributed by atoms with Crippen LogP contribution in [-0.2, 0) is 16.1 Å². The average Bonchev–Trinajstić information content (AvgIpc) is 2.71. The summed E-state index contributed by atoms with van der Waals surface area (Å²) in [5.74, 6) is 0.680. The molecule has 2 aromatic rings. The summed E-state index contributed by atoms with van der Waals surface area (Å²) in [5.41, 5.74) is 5.41. The van der Waals surface area contributed by atoms with Gasteiger partial charge in [0, 0.05) is 13.7 Å². The maximum absolute atomic E-state index is 12.1. The fourth-order valence-electron chi connectivity index (χ4n) is 3.16. The number of ether oxygens (including phenoxy) is 3. The number of carbonyl (C=O) groups excluding carboxylic acids is 1. The van der Waals surface area contributed by atoms with Gasteiger partial charge in [-0.25, -0.2) is 0 Å². The lowest BCUT2D eigenvalue weighted by atomic mass is 10.0. The zero-order valence-corrected chi connectivity index (χ0v) is 18.2. The third-order valence-electron chi connectivity index (χ3n) is 4.67. The van der Waals surface area contributed by atoms with Crippen molar-refractivity contribution in [2.24, 2.45) is 0 Å². The fraction of sp³-hybridized carbons (Fsp3) is 0.333. The minimum Gasteiger partial charge on any atom is -0.493 e. The highest BCUT2D eigenvalue weighted by Gasteiger charge is 2.11. The van der Waals surface area contributed by atoms with Crippen molar-refractivity contribution in [2.75, 3.05) is 27.4 Å². The summed E-state index contributed by atoms with van der Waals surface area (Å²) in [6.07, 6.45) is 1.52. The molecule has 158 valence electrons. The first-order valence-corrected chi connectivity index (χ1v) is 9.66. The Hall–Kier alpha value is -3.30. The molecule has 0 fully saturated rings. The van der Waals surface area contributed by atoms with E-state index in [1.807, 2.05) is 6.07 Å². The second kappa shape index (κ2) is 11.0. The Balaban J connectivity index is 2.18. The zero-order valence-electron chi connectivity index (χ0n) is 18.2. The Kier molecular flexibility index (Phi) is 8.45. The van der Waals surface area contributed by atoms with E-state index in [4.69, 9.17) is 14.2 Å². The van der Waals surface area contributed by atoms with Crippen LogP contribution in [0.4, 0.5) is 0 Å². The lowest BCUT2D eigenvalue weighted by Crippen LogP contribution is -2.27. The number of carbonyl (C=O) groups is 1. The molecule has 0 aliphatic heterocycles. The number of methoxy groups -OCH3 is 2. The molecule has 6 heteroatoms. The Labute approximate surface area is 178 Å². The standard InChI is InChI=1S/C24H28N2O4/c1-16-10-17(2)21(18(3)11-16)15-30-22-7-6-19(13-23(22)29-5)12-20(14-25)24(27)26-8-9-28-4/h6-7,10-13H,8-9,15H2,1-5H3,(H,26,27)/b20-12+. The van der Waals surface area contributed by atoms with Gasteiger partial charge in [0.05, 0.1) is 13.7 Å². The lowest BCUT2D eigenvalue weighted by molar-refractivity contribution is -0.117. The molecule has 0 heterocycles. The van der Waals surface area contributed by atoms with E-state index >= 15 is 0 Å². The highest BCUT2D eigenvalue weighted by molar-refractivity contribution is 6.01. The first-order valence-electron chi connectivity index (χ1n) is 9.66. The van der Waals surface area contributed by atoms with Crippen LogP contribution in [0.1, 0.15) is 27.8 Å². The van der Waals surface area contributed by atoms with E-state index in [1.54, 1.807) is 32.4 Å². The van der Waals surface area contributed by atoms with Gasteiger partial charge in [-0.3, -0.25) is 4.79 Å². The van der Waals surface area contributed by atoms with Crippen molar-refractivity contribution in [1.29, 1.82) is 5.26 Å². The first-order chi connectivity index (χ1) is 14.4. The zero-order chi connectivity index (χ0) is 22.1. The first kappa shape index (κ1) is 23.0. The Bertz CT molecular complexity index is 951. The number of hydrogen-bond donors (Lipinski definition) is 1. The van der Waals surface area contributed by atoms with Crippen molar-refractivity contribution in [2.45, 2.75) is 27.4 Å². The monoisotopic (exact) mass is 408 g/mol. The summed E-state index contributed by atoms with van der Waals surface area (Å²) in [7, 11) is 3.10. The third kappa shape index (κ3) is 6.10. The minimum atomic E-state index is -0.445. The Morgan fingerprint density at radius 1 is 1.10 bits per heavy atom. The van der Waals surface area contributed by atoms with Gasteiger partial charge in [0.2, 0.25) is 0 Å². The molecule has 0 radical (unpaired) electrons. The highest BCUT2D eigenvalue weighted by atomic mass is 16.5. The van der Waals surface area contributed by atoms with Gasteiger partial charge < -0.3 is 19.5 Å². The van der Waals surface area contributed by atoms with Crippen LogP contribution in [0, 0.1) is 32.1 Å². The largest absolute Gasteiger partial charge is 0.493 e. The molecule has 0 bridgehead atoms. The average molecular weight is 408 g/mol. The number of aryl methyl sites for hydroxylation is 3. The van der Waals surface area contributed by atoms with Gasteiger partial charge in [0.1, 0.15) is 18.2 Å². The molecular formula is C24H28N2O4. The van der Waals surface area contributed by atoms with Crippen LogP contribution >= 0.6 is 0 Å². The molecule has 6 nitrogen and oxygen atoms in total. The molecule has 30 heavy (non-hydrogen) atoms. The van der Waals surface area contributed by atoms with Crippen molar-refractivity contribution < 1.29 is 19.0 Å². The molecule has 0 atom stereocenters. The number of nitriles is 1. The fourth-order valence-corrected chi connectivity index (χ4v) is 3.16. The van der Waals surface area contributed by atoms with Gasteiger partial charge >= 0.3 is 0 Å². The quantitative estimate of drug-likeness (QED) is 0.387. The summed E-state index contributed by atoms with van der Waals surface area (Å²) in [5, 5.41) is 11.9. The number of rotatable bonds is 9. The van der Waals surface area contributed by atoms with Crippen molar-refractivity contribution in [3.63, 3.8) is 0 Å². The van der Waals surface area contributed by atoms with E-state index in [1.165, 1.54) is 22.8 Å². The van der Waals surface area contributed by atoms with Gasteiger partial charge in [-0.05, 0) is 61.2 Å². The van der Waals surface area contributed by atoms with E-state index in [-0.39, 0.29) is 5.57 Å². The Morgan fingerprint density at radius 3 is 2.40 bits per heavy atom. The Morgan fingerprint density at radius 2 is 1.80 bits per heavy atom. The molecule has 0 saturated heterocycles. The second-order valence-corrected chi connectivity index (χ2v) is 6.99. The third-order valence-corrected chi connectivity index (χ3v) is 4.67. The van der Waals surface area contributed by atoms with Gasteiger partial charge in [0.25, 0.3) is 5.91 Å². The summed E-state index contributed by atoms with van der Waals surface area (Å²) in [4.78, 5) is 12.1. The van der Waals surface area contributed by atoms with E-state index in [0.29, 0.717) is 36.8 Å². The molecule has 1 amide bonds. The normalized spacial score (nSPS) is 11.0. The summed E-state index contributed by atoms with van der Waals surface area (Å²) < 4.78 is 16.4. The molecular weight excluding hydrogens is 380 g/mol. The van der Waals surface area contributed by atoms with Crippen LogP contribution in [0.25, 0.3) is 6.08 Å². The van der Waals surface area contributed by atoms with E-state index in [9.17, 15) is 10.1 Å². The molecule has 2 rings (SSSR count). The molecule has 0 saturated carbocycles. The van der Waals surface area contributed by atoms with Gasteiger partial charge in [-0.1, -0.05) is 23.8 Å². The van der Waals surface area contributed by atoms with Gasteiger partial charge in [0.15, 0.2) is 11.5 Å². The van der Waals surface area contributed by atoms with Crippen molar-refractivity contribution >= 4 is 12.0 Å². The predicted molar refractivity (Wildman–Crippen MR) is 116 cm³/mol. The highest BCUT2D eigenvalue weighted by Crippen LogP contribution is 2.30. The van der Waals surface area contributed by atoms with Crippen LogP contribution in [0.15, 0.2) is 35.9 Å². The van der Waals surface area contributed by atoms with Crippen LogP contribution in [0.5, 0.6) is 11.5 Å². The number of nitrogens with one attached hydrogen (secondary N) is 1. The number of amides is 1. The lowest BCUT2D eigenvalue weighted by Gasteiger charge is -2.15. The summed E-state index contributed by atoms with van der Waals surface area (Å²) >= 11 is 0. The number of nitrogens with zero attached hydrogens (tertiary/aromatic N) is 1. The summed E-state index contributed by atoms with van der Waals surface area (Å²) in [6, 6.07) is 11.5. The van der Waals surface area contributed by atoms with Crippen LogP contribution in [0.2, 0.25) is 0 Å². The molecule has 1 N–H and O–H groups in total. The van der Waals surface area contributed by atoms with Gasteiger partial charge in [-0.2, -0.15) is 5.26 Å². The molecule has 0 spiro atoms. The van der Waals surface area contributed by atoms with Crippen molar-refractivity contribution in [3.8, 4) is 17.6 Å². The molecule has 0 unspecified atom stereocenters. The molecule has 0 aromatic heterocycles. The van der Waals surface area contributed by atoms with E-state index < -0.39 is 5.91 Å². The van der Waals surface area contributed by atoms with Crippen molar-refractivity contribution in [1.82, 2.24) is 5.32 Å². The molecule has 0 aliphatic carbocycles. The molecule has 0 aliphatic rings. The second-order valence-electron chi connectivity index (χ2n) is 6.99. The minimum absolute atomic E-state index is 0.00716. The molecule has 2 aromatic carbocycles. The SMILES string of the molecule is COCCNC(=O)/C(C#N)=C/c1ccc(OCc2c(C)cc(C)cc2C)c(OC)c1. The van der Waals surface area contributed by atoms with Crippen molar-refractivity contribution in [3.05, 3.63) is 63.7 Å². The topological polar surface area (TPSA) is 80.6 Å². The van der Waals surface area contributed by atoms with E-state index in [2.05, 4.69) is 38.2 Å². The maximum atomic E-state index is 12.1. The van der Waals surface area contributed by atoms with Crippen LogP contribution < -0.4 is 14.8 Å². The van der Waals surface area contributed by atoms with Crippen LogP contribution in [0.3, 0.4) is 0 Å². The smallest absolute Gasteiger partial charge is 0.262 e. The maximum Gasteiger partial charge on any atom is 0.262 e. The van der Waals surface area contributed by atoms with Gasteiger partial charge in [-0.15, -0.1) is 0 Å². The number of benzene rings is 2.